The molecule has 222 valence electrons. The van der Waals surface area contributed by atoms with Crippen molar-refractivity contribution in [1.29, 1.82) is 0 Å². The second kappa shape index (κ2) is 15.9. The predicted octanol–water partition coefficient (Wildman–Crippen LogP) is 11.6. The van der Waals surface area contributed by atoms with Crippen LogP contribution in [0.2, 0.25) is 0 Å². The maximum atomic E-state index is 10.4. The summed E-state index contributed by atoms with van der Waals surface area (Å²) in [6.07, 6.45) is 35.6. The van der Waals surface area contributed by atoms with Crippen LogP contribution < -0.4 is 0 Å². The molecular weight excluding hydrogens is 496 g/mol. The van der Waals surface area contributed by atoms with Crippen molar-refractivity contribution in [2.45, 2.75) is 107 Å². The molecule has 1 atom stereocenters. The molecule has 0 unspecified atom stereocenters. The fourth-order valence-electron chi connectivity index (χ4n) is 5.72. The molecule has 2 aliphatic rings. The Labute approximate surface area is 252 Å². The standard InChI is InChI=1S/C40H56O/c1-30(18-13-20-32(3)23-26-36-34(5)22-15-29-39(36,7)8)16-11-12-17-31(2)19-14-21-33(4)24-27-37-35(6)25-28-38(41)40(37,9)10/h11-14,16-21,23-24,26-27,38,41H,15,22,25,28-29H2,1-10H3/b12-11+,18-13+,19-14+,26-23+,27-24+,30-16+,31-17+,32-20+,33-21+/t38-/m0/s1. The van der Waals surface area contributed by atoms with Crippen LogP contribution in [-0.2, 0) is 0 Å². The van der Waals surface area contributed by atoms with Gasteiger partial charge in [-0.3, -0.25) is 0 Å². The van der Waals surface area contributed by atoms with E-state index in [0.717, 1.165) is 12.8 Å². The number of hydrogen-bond acceptors (Lipinski definition) is 1. The quantitative estimate of drug-likeness (QED) is 0.267. The molecule has 0 aromatic rings. The molecule has 0 aromatic carbocycles. The fraction of sp³-hybridized carbons (Fsp3) is 0.450. The van der Waals surface area contributed by atoms with Crippen LogP contribution in [0.5, 0.6) is 0 Å². The molecule has 0 fully saturated rings. The van der Waals surface area contributed by atoms with Gasteiger partial charge in [-0.25, -0.2) is 0 Å². The molecular formula is C40H56O. The minimum Gasteiger partial charge on any atom is -0.392 e. The highest BCUT2D eigenvalue weighted by molar-refractivity contribution is 5.39. The maximum absolute atomic E-state index is 10.4. The van der Waals surface area contributed by atoms with Crippen molar-refractivity contribution in [3.8, 4) is 0 Å². The normalized spacial score (nSPS) is 23.5. The van der Waals surface area contributed by atoms with Crippen molar-refractivity contribution >= 4 is 0 Å². The topological polar surface area (TPSA) is 20.2 Å². The highest BCUT2D eigenvalue weighted by Crippen LogP contribution is 2.42. The highest BCUT2D eigenvalue weighted by atomic mass is 16.3. The number of allylic oxidation sites excluding steroid dienone is 21. The van der Waals surface area contributed by atoms with Crippen molar-refractivity contribution in [1.82, 2.24) is 0 Å². The van der Waals surface area contributed by atoms with Gasteiger partial charge in [0.2, 0.25) is 0 Å². The molecule has 1 heteroatoms. The smallest absolute Gasteiger partial charge is 0.0634 e. The molecule has 0 aliphatic heterocycles. The zero-order chi connectivity index (χ0) is 30.6. The Morgan fingerprint density at radius 3 is 1.59 bits per heavy atom. The first-order valence-electron chi connectivity index (χ1n) is 15.4. The molecule has 0 saturated carbocycles. The SMILES string of the molecule is CC1=C(/C=C/C(C)=C/C=C/C(C)=C/C=C/C=C(C)/C=C/C=C(C)/C=C/C2=C(C)CC[C@H](O)C2(C)C)C(C)(C)CCC1. The van der Waals surface area contributed by atoms with Gasteiger partial charge in [0.15, 0.2) is 0 Å². The van der Waals surface area contributed by atoms with Crippen LogP contribution in [0.4, 0.5) is 0 Å². The molecule has 0 heterocycles. The summed E-state index contributed by atoms with van der Waals surface area (Å²) in [7, 11) is 0. The van der Waals surface area contributed by atoms with E-state index in [9.17, 15) is 5.11 Å². The van der Waals surface area contributed by atoms with Gasteiger partial charge in [0, 0.05) is 5.41 Å². The second-order valence-corrected chi connectivity index (χ2v) is 13.3. The monoisotopic (exact) mass is 552 g/mol. The van der Waals surface area contributed by atoms with Gasteiger partial charge >= 0.3 is 0 Å². The van der Waals surface area contributed by atoms with Gasteiger partial charge in [0.25, 0.3) is 0 Å². The molecule has 2 aliphatic carbocycles. The zero-order valence-corrected chi connectivity index (χ0v) is 27.6. The first-order chi connectivity index (χ1) is 19.2. The number of rotatable bonds is 10. The Morgan fingerprint density at radius 1 is 0.634 bits per heavy atom. The Balaban J connectivity index is 1.90. The van der Waals surface area contributed by atoms with E-state index in [1.54, 1.807) is 5.57 Å². The third-order valence-corrected chi connectivity index (χ3v) is 8.61. The van der Waals surface area contributed by atoms with E-state index in [2.05, 4.69) is 154 Å². The van der Waals surface area contributed by atoms with Crippen LogP contribution in [0.3, 0.4) is 0 Å². The molecule has 0 saturated heterocycles. The summed E-state index contributed by atoms with van der Waals surface area (Å²) in [6.45, 7) is 22.0. The lowest BCUT2D eigenvalue weighted by atomic mass is 9.70. The molecule has 41 heavy (non-hydrogen) atoms. The summed E-state index contributed by atoms with van der Waals surface area (Å²) in [5.74, 6) is 0. The molecule has 2 rings (SSSR count). The largest absolute Gasteiger partial charge is 0.392 e. The van der Waals surface area contributed by atoms with Gasteiger partial charge in [-0.15, -0.1) is 0 Å². The first kappa shape index (κ1) is 34.3. The van der Waals surface area contributed by atoms with Crippen LogP contribution in [0.15, 0.2) is 130 Å². The number of aliphatic hydroxyl groups is 1. The molecule has 0 amide bonds. The van der Waals surface area contributed by atoms with Crippen LogP contribution >= 0.6 is 0 Å². The van der Waals surface area contributed by atoms with Crippen molar-refractivity contribution in [2.24, 2.45) is 10.8 Å². The molecule has 1 nitrogen and oxygen atoms in total. The van der Waals surface area contributed by atoms with Crippen LogP contribution in [0.25, 0.3) is 0 Å². The first-order valence-corrected chi connectivity index (χ1v) is 15.4. The van der Waals surface area contributed by atoms with Crippen molar-refractivity contribution in [2.75, 3.05) is 0 Å². The number of hydrogen-bond donors (Lipinski definition) is 1. The van der Waals surface area contributed by atoms with Crippen molar-refractivity contribution < 1.29 is 5.11 Å². The predicted molar refractivity (Wildman–Crippen MR) is 183 cm³/mol. The minimum atomic E-state index is -0.277. The van der Waals surface area contributed by atoms with E-state index in [-0.39, 0.29) is 16.9 Å². The lowest BCUT2D eigenvalue weighted by Gasteiger charge is -2.37. The second-order valence-electron chi connectivity index (χ2n) is 13.3. The summed E-state index contributed by atoms with van der Waals surface area (Å²) in [4.78, 5) is 0. The van der Waals surface area contributed by atoms with Crippen LogP contribution in [0, 0.1) is 10.8 Å². The Bertz CT molecular complexity index is 1250. The zero-order valence-electron chi connectivity index (χ0n) is 27.6. The van der Waals surface area contributed by atoms with Crippen molar-refractivity contribution in [3.05, 3.63) is 130 Å². The van der Waals surface area contributed by atoms with Crippen molar-refractivity contribution in [3.63, 3.8) is 0 Å². The molecule has 0 spiro atoms. The van der Waals surface area contributed by atoms with Gasteiger partial charge in [-0.1, -0.05) is 146 Å². The van der Waals surface area contributed by atoms with Gasteiger partial charge in [-0.2, -0.15) is 0 Å². The molecule has 1 N–H and O–H groups in total. The summed E-state index contributed by atoms with van der Waals surface area (Å²) in [5, 5.41) is 10.4. The van der Waals surface area contributed by atoms with E-state index in [1.807, 2.05) is 0 Å². The van der Waals surface area contributed by atoms with Crippen LogP contribution in [-0.4, -0.2) is 11.2 Å². The van der Waals surface area contributed by atoms with Crippen LogP contribution in [0.1, 0.15) is 101 Å². The van der Waals surface area contributed by atoms with E-state index in [0.29, 0.717) is 0 Å². The summed E-state index contributed by atoms with van der Waals surface area (Å²) >= 11 is 0. The average Bonchev–Trinajstić information content (AvgIpc) is 2.88. The Hall–Kier alpha value is -2.90. The van der Waals surface area contributed by atoms with E-state index < -0.39 is 0 Å². The van der Waals surface area contributed by atoms with Gasteiger partial charge < -0.3 is 5.11 Å². The third kappa shape index (κ3) is 11.1. The van der Waals surface area contributed by atoms with E-state index >= 15 is 0 Å². The summed E-state index contributed by atoms with van der Waals surface area (Å²) < 4.78 is 0. The highest BCUT2D eigenvalue weighted by Gasteiger charge is 2.34. The molecule has 0 bridgehead atoms. The molecule has 0 radical (unpaired) electrons. The molecule has 0 aromatic heterocycles. The Kier molecular flexibility index (Phi) is 13.3. The maximum Gasteiger partial charge on any atom is 0.0634 e. The van der Waals surface area contributed by atoms with Gasteiger partial charge in [0.1, 0.15) is 0 Å². The lowest BCUT2D eigenvalue weighted by Crippen LogP contribution is -2.34. The van der Waals surface area contributed by atoms with E-state index in [4.69, 9.17) is 0 Å². The number of aliphatic hydroxyl groups excluding tert-OH is 1. The van der Waals surface area contributed by atoms with Gasteiger partial charge in [-0.05, 0) is 90.2 Å². The van der Waals surface area contributed by atoms with Gasteiger partial charge in [0.05, 0.1) is 6.10 Å². The summed E-state index contributed by atoms with van der Waals surface area (Å²) in [5.41, 5.74) is 10.7. The fourth-order valence-corrected chi connectivity index (χ4v) is 5.72. The lowest BCUT2D eigenvalue weighted by molar-refractivity contribution is 0.0607. The minimum absolute atomic E-state index is 0.195. The average molecular weight is 553 g/mol. The Morgan fingerprint density at radius 2 is 1.07 bits per heavy atom. The van der Waals surface area contributed by atoms with E-state index in [1.165, 1.54) is 58.3 Å². The third-order valence-electron chi connectivity index (χ3n) is 8.61. The summed E-state index contributed by atoms with van der Waals surface area (Å²) in [6, 6.07) is 0.